The number of fused-ring (bicyclic) bond motifs is 1. The Bertz CT molecular complexity index is 505. The quantitative estimate of drug-likeness (QED) is 0.734. The van der Waals surface area contributed by atoms with E-state index in [1.807, 2.05) is 6.07 Å². The lowest BCUT2D eigenvalue weighted by Crippen LogP contribution is -2.35. The van der Waals surface area contributed by atoms with Crippen molar-refractivity contribution in [3.05, 3.63) is 36.2 Å². The highest BCUT2D eigenvalue weighted by Gasteiger charge is 2.20. The third kappa shape index (κ3) is 1.48. The Balaban J connectivity index is 2.09. The summed E-state index contributed by atoms with van der Waals surface area (Å²) in [6.07, 6.45) is 1.68. The second-order valence-electron chi connectivity index (χ2n) is 3.81. The van der Waals surface area contributed by atoms with Crippen molar-refractivity contribution in [1.29, 1.82) is 0 Å². The van der Waals surface area contributed by atoms with E-state index in [2.05, 4.69) is 10.3 Å². The second kappa shape index (κ2) is 3.84. The summed E-state index contributed by atoms with van der Waals surface area (Å²) >= 11 is 0. The van der Waals surface area contributed by atoms with Crippen LogP contribution in [-0.4, -0.2) is 29.1 Å². The van der Waals surface area contributed by atoms with Crippen LogP contribution in [0.5, 0.6) is 0 Å². The predicted molar refractivity (Wildman–Crippen MR) is 56.7 cm³/mol. The fourth-order valence-electron chi connectivity index (χ4n) is 2.01. The van der Waals surface area contributed by atoms with Gasteiger partial charge in [-0.05, 0) is 12.1 Å². The first kappa shape index (κ1) is 9.74. The van der Waals surface area contributed by atoms with Gasteiger partial charge in [0.25, 0.3) is 0 Å². The van der Waals surface area contributed by atoms with Crippen LogP contribution < -0.4 is 5.32 Å². The zero-order valence-electron chi connectivity index (χ0n) is 8.69. The van der Waals surface area contributed by atoms with Gasteiger partial charge in [0, 0.05) is 6.54 Å². The summed E-state index contributed by atoms with van der Waals surface area (Å²) in [7, 11) is 0. The first-order valence-corrected chi connectivity index (χ1v) is 5.29. The molecule has 4 nitrogen and oxygen atoms in total. The molecule has 1 saturated heterocycles. The van der Waals surface area contributed by atoms with Gasteiger partial charge in [-0.3, -0.25) is 4.40 Å². The van der Waals surface area contributed by atoms with Crippen LogP contribution in [0.3, 0.4) is 0 Å². The van der Waals surface area contributed by atoms with Gasteiger partial charge in [-0.1, -0.05) is 6.07 Å². The Morgan fingerprint density at radius 1 is 1.50 bits per heavy atom. The van der Waals surface area contributed by atoms with Gasteiger partial charge in [0.15, 0.2) is 5.95 Å². The molecule has 1 aliphatic heterocycles. The summed E-state index contributed by atoms with van der Waals surface area (Å²) < 4.78 is 20.6. The molecule has 2 aromatic rings. The minimum Gasteiger partial charge on any atom is -0.378 e. The maximum atomic E-state index is 13.7. The van der Waals surface area contributed by atoms with E-state index in [0.717, 1.165) is 12.1 Å². The molecule has 3 rings (SSSR count). The van der Waals surface area contributed by atoms with Gasteiger partial charge in [0.2, 0.25) is 0 Å². The van der Waals surface area contributed by atoms with Crippen LogP contribution in [0.2, 0.25) is 0 Å². The Labute approximate surface area is 92.1 Å². The first-order chi connectivity index (χ1) is 7.86. The van der Waals surface area contributed by atoms with E-state index >= 15 is 0 Å². The van der Waals surface area contributed by atoms with E-state index < -0.39 is 0 Å². The molecule has 1 atom stereocenters. The minimum atomic E-state index is -0.294. The maximum absolute atomic E-state index is 13.7. The smallest absolute Gasteiger partial charge is 0.199 e. The van der Waals surface area contributed by atoms with Crippen LogP contribution in [0.15, 0.2) is 24.4 Å². The van der Waals surface area contributed by atoms with E-state index in [0.29, 0.717) is 19.0 Å². The average molecular weight is 221 g/mol. The van der Waals surface area contributed by atoms with Gasteiger partial charge in [-0.2, -0.15) is 4.39 Å². The molecule has 0 amide bonds. The number of pyridine rings is 1. The fraction of sp³-hybridized carbons (Fsp3) is 0.364. The molecule has 0 aliphatic carbocycles. The zero-order chi connectivity index (χ0) is 11.0. The maximum Gasteiger partial charge on any atom is 0.199 e. The van der Waals surface area contributed by atoms with Gasteiger partial charge >= 0.3 is 0 Å². The van der Waals surface area contributed by atoms with Crippen molar-refractivity contribution in [2.24, 2.45) is 0 Å². The number of imidazole rings is 1. The largest absolute Gasteiger partial charge is 0.378 e. The van der Waals surface area contributed by atoms with E-state index in [1.54, 1.807) is 12.3 Å². The molecule has 1 aliphatic rings. The standard InChI is InChI=1S/C11H12FN3O/c12-10-3-1-2-8-6-14-11(15(8)10)9-7-16-5-4-13-9/h1-3,6,9,13H,4-5,7H2. The lowest BCUT2D eigenvalue weighted by Gasteiger charge is -2.22. The highest BCUT2D eigenvalue weighted by atomic mass is 19.1. The monoisotopic (exact) mass is 221 g/mol. The molecule has 0 radical (unpaired) electrons. The molecular weight excluding hydrogens is 209 g/mol. The molecule has 0 spiro atoms. The average Bonchev–Trinajstić information content (AvgIpc) is 2.75. The second-order valence-corrected chi connectivity index (χ2v) is 3.81. The molecule has 16 heavy (non-hydrogen) atoms. The molecule has 3 heterocycles. The number of rotatable bonds is 1. The number of aromatic nitrogens is 2. The van der Waals surface area contributed by atoms with E-state index in [-0.39, 0.29) is 12.0 Å². The van der Waals surface area contributed by atoms with Crippen molar-refractivity contribution in [3.63, 3.8) is 0 Å². The van der Waals surface area contributed by atoms with Crippen molar-refractivity contribution < 1.29 is 9.13 Å². The van der Waals surface area contributed by atoms with E-state index in [4.69, 9.17) is 4.74 Å². The molecule has 0 bridgehead atoms. The lowest BCUT2D eigenvalue weighted by molar-refractivity contribution is 0.0738. The normalized spacial score (nSPS) is 21.4. The molecule has 0 saturated carbocycles. The van der Waals surface area contributed by atoms with E-state index in [9.17, 15) is 4.39 Å². The Kier molecular flexibility index (Phi) is 2.34. The van der Waals surface area contributed by atoms with Crippen molar-refractivity contribution in [2.75, 3.05) is 19.8 Å². The van der Waals surface area contributed by atoms with Gasteiger partial charge in [0.05, 0.1) is 31.0 Å². The van der Waals surface area contributed by atoms with Gasteiger partial charge in [-0.15, -0.1) is 0 Å². The Morgan fingerprint density at radius 2 is 2.44 bits per heavy atom. The number of morpholine rings is 1. The zero-order valence-corrected chi connectivity index (χ0v) is 8.69. The summed E-state index contributed by atoms with van der Waals surface area (Å²) in [5, 5.41) is 3.27. The third-order valence-corrected chi connectivity index (χ3v) is 2.76. The predicted octanol–water partition coefficient (Wildman–Crippen LogP) is 1.13. The van der Waals surface area contributed by atoms with Crippen molar-refractivity contribution in [3.8, 4) is 0 Å². The summed E-state index contributed by atoms with van der Waals surface area (Å²) in [6.45, 7) is 2.00. The van der Waals surface area contributed by atoms with Crippen LogP contribution in [0, 0.1) is 5.95 Å². The molecule has 0 aromatic carbocycles. The summed E-state index contributed by atoms with van der Waals surface area (Å²) in [5.41, 5.74) is 0.766. The van der Waals surface area contributed by atoms with Gasteiger partial charge in [0.1, 0.15) is 5.82 Å². The van der Waals surface area contributed by atoms with Gasteiger partial charge < -0.3 is 10.1 Å². The fourth-order valence-corrected chi connectivity index (χ4v) is 2.01. The first-order valence-electron chi connectivity index (χ1n) is 5.29. The molecule has 5 heteroatoms. The number of halogens is 1. The van der Waals surface area contributed by atoms with Crippen LogP contribution in [0.1, 0.15) is 11.9 Å². The van der Waals surface area contributed by atoms with Crippen LogP contribution in [0.4, 0.5) is 4.39 Å². The molecule has 84 valence electrons. The van der Waals surface area contributed by atoms with E-state index in [1.165, 1.54) is 10.5 Å². The number of hydrogen-bond acceptors (Lipinski definition) is 3. The number of nitrogens with zero attached hydrogens (tertiary/aromatic N) is 2. The molecular formula is C11H12FN3O. The topological polar surface area (TPSA) is 38.6 Å². The summed E-state index contributed by atoms with van der Waals surface area (Å²) in [4.78, 5) is 4.26. The summed E-state index contributed by atoms with van der Waals surface area (Å²) in [5.74, 6) is 0.380. The summed E-state index contributed by atoms with van der Waals surface area (Å²) in [6, 6.07) is 4.92. The van der Waals surface area contributed by atoms with Crippen molar-refractivity contribution in [2.45, 2.75) is 6.04 Å². The number of ether oxygens (including phenoxy) is 1. The minimum absolute atomic E-state index is 0.0341. The van der Waals surface area contributed by atoms with Crippen molar-refractivity contribution >= 4 is 5.52 Å². The highest BCUT2D eigenvalue weighted by molar-refractivity contribution is 5.46. The molecule has 1 unspecified atom stereocenters. The molecule has 1 fully saturated rings. The highest BCUT2D eigenvalue weighted by Crippen LogP contribution is 2.18. The van der Waals surface area contributed by atoms with Crippen LogP contribution in [-0.2, 0) is 4.74 Å². The Morgan fingerprint density at radius 3 is 3.25 bits per heavy atom. The number of hydrogen-bond donors (Lipinski definition) is 1. The molecule has 1 N–H and O–H groups in total. The van der Waals surface area contributed by atoms with Crippen LogP contribution >= 0.6 is 0 Å². The molecule has 2 aromatic heterocycles. The van der Waals surface area contributed by atoms with Gasteiger partial charge in [-0.25, -0.2) is 4.98 Å². The Hall–Kier alpha value is -1.46. The third-order valence-electron chi connectivity index (χ3n) is 2.76. The van der Waals surface area contributed by atoms with Crippen LogP contribution in [0.25, 0.3) is 5.52 Å². The number of nitrogens with one attached hydrogen (secondary N) is 1. The SMILES string of the molecule is Fc1cccc2cnc(C3COCCN3)n12. The van der Waals surface area contributed by atoms with Crippen molar-refractivity contribution in [1.82, 2.24) is 14.7 Å². The lowest BCUT2D eigenvalue weighted by atomic mass is 10.2.